The third-order valence-corrected chi connectivity index (χ3v) is 8.00. The van der Waals surface area contributed by atoms with Crippen LogP contribution in [0.2, 0.25) is 0 Å². The van der Waals surface area contributed by atoms with Gasteiger partial charge in [0, 0.05) is 31.7 Å². The van der Waals surface area contributed by atoms with Gasteiger partial charge in [-0.05, 0) is 57.0 Å². The van der Waals surface area contributed by atoms with Gasteiger partial charge in [-0.3, -0.25) is 24.1 Å². The first kappa shape index (κ1) is 27.8. The van der Waals surface area contributed by atoms with E-state index in [1.54, 1.807) is 30.1 Å². The number of phenols is 1. The first-order valence-corrected chi connectivity index (χ1v) is 12.6. The Kier molecular flexibility index (Phi) is 7.41. The van der Waals surface area contributed by atoms with Crippen molar-refractivity contribution in [3.8, 4) is 5.75 Å². The summed E-state index contributed by atoms with van der Waals surface area (Å²) in [4.78, 5) is 47.0. The number of Topliss-reactive ketones (excluding diaryl/α,β-unsaturated/α-hetero) is 2. The van der Waals surface area contributed by atoms with Gasteiger partial charge in [-0.1, -0.05) is 13.0 Å². The summed E-state index contributed by atoms with van der Waals surface area (Å²) in [6.07, 6.45) is 0.479. The summed E-state index contributed by atoms with van der Waals surface area (Å²) in [6, 6.07) is 2.23. The van der Waals surface area contributed by atoms with E-state index in [0.29, 0.717) is 31.7 Å². The van der Waals surface area contributed by atoms with E-state index in [2.05, 4.69) is 0 Å². The van der Waals surface area contributed by atoms with Crippen molar-refractivity contribution in [2.75, 3.05) is 34.4 Å². The predicted octanol–water partition coefficient (Wildman–Crippen LogP) is 1.39. The molecule has 1 fully saturated rings. The number of hydrogen-bond acceptors (Lipinski definition) is 10. The number of carbonyl (C=O) groups is 3. The van der Waals surface area contributed by atoms with Crippen molar-refractivity contribution in [2.45, 2.75) is 44.9 Å². The number of ketones is 2. The van der Waals surface area contributed by atoms with Crippen LogP contribution in [-0.2, 0) is 36.9 Å². The molecule has 1 aromatic rings. The fourth-order valence-electron chi connectivity index (χ4n) is 6.40. The van der Waals surface area contributed by atoms with Crippen molar-refractivity contribution in [2.24, 2.45) is 17.6 Å². The molecule has 5 N–H and O–H groups in total. The van der Waals surface area contributed by atoms with Crippen molar-refractivity contribution >= 4 is 23.2 Å². The number of hydrogen-bond donors (Lipinski definition) is 4. The van der Waals surface area contributed by atoms with Crippen LogP contribution in [0.5, 0.6) is 5.75 Å². The van der Waals surface area contributed by atoms with E-state index in [-0.39, 0.29) is 23.3 Å². The summed E-state index contributed by atoms with van der Waals surface area (Å²) in [5, 5.41) is 35.1. The number of nitrogens with zero attached hydrogens (tertiary/aromatic N) is 2. The lowest BCUT2D eigenvalue weighted by Crippen LogP contribution is -2.66. The molecule has 4 atom stereocenters. The van der Waals surface area contributed by atoms with E-state index in [1.807, 2.05) is 13.8 Å². The number of hydroxylamine groups is 2. The predicted molar refractivity (Wildman–Crippen MR) is 137 cm³/mol. The average Bonchev–Trinajstić information content (AvgIpc) is 2.84. The summed E-state index contributed by atoms with van der Waals surface area (Å²) in [6.45, 7) is 5.31. The van der Waals surface area contributed by atoms with Crippen LogP contribution in [0.25, 0.3) is 5.76 Å². The number of carbonyl (C=O) groups excluding carboxylic acids is 3. The number of aromatic hydroxyl groups is 1. The molecule has 0 unspecified atom stereocenters. The number of primary amides is 1. The van der Waals surface area contributed by atoms with Crippen molar-refractivity contribution in [3.63, 3.8) is 0 Å². The third kappa shape index (κ3) is 3.92. The number of nitrogens with two attached hydrogens (primary N) is 1. The molecular formula is C27H35N3O8. The second kappa shape index (κ2) is 10.1. The molecule has 3 aliphatic carbocycles. The number of fused-ring (bicyclic) bond motifs is 3. The minimum absolute atomic E-state index is 0.0255. The molecule has 1 aromatic carbocycles. The molecule has 3 aliphatic rings. The molecule has 38 heavy (non-hydrogen) atoms. The molecule has 1 saturated carbocycles. The number of aliphatic hydroxyl groups is 2. The molecule has 11 nitrogen and oxygen atoms in total. The lowest BCUT2D eigenvalue weighted by atomic mass is 9.57. The lowest BCUT2D eigenvalue weighted by molar-refractivity contribution is -0.160. The molecular weight excluding hydrogens is 494 g/mol. The van der Waals surface area contributed by atoms with E-state index in [1.165, 1.54) is 13.2 Å². The van der Waals surface area contributed by atoms with E-state index in [4.69, 9.17) is 15.3 Å². The fraction of sp³-hybridized carbons (Fsp3) is 0.519. The van der Waals surface area contributed by atoms with Crippen LogP contribution in [-0.4, -0.2) is 88.8 Å². The van der Waals surface area contributed by atoms with Crippen LogP contribution in [0, 0.1) is 11.8 Å². The molecule has 11 heteroatoms. The van der Waals surface area contributed by atoms with Crippen LogP contribution in [0.1, 0.15) is 37.0 Å². The zero-order chi connectivity index (χ0) is 28.1. The standard InChI is InChI=1S/C27H35N3O8/c1-6-30(38-7-2)12-13-8-9-17(31)19-15(13)10-14-11-16-21(29(3)4)23(33)20(26(28)36)25(35)27(16,37-5)24(34)18(14)22(19)32/h8-9,14,16,21,31-32,35H,6-7,10-12H2,1-5H3,(H2,28,36)/t14-,16-,21-,27-/m0/s1. The molecule has 0 saturated heterocycles. The Balaban J connectivity index is 1.93. The first-order valence-electron chi connectivity index (χ1n) is 12.6. The molecule has 4 rings (SSSR count). The Labute approximate surface area is 221 Å². The average molecular weight is 530 g/mol. The highest BCUT2D eigenvalue weighted by Crippen LogP contribution is 2.54. The van der Waals surface area contributed by atoms with Crippen LogP contribution in [0.3, 0.4) is 0 Å². The molecule has 0 bridgehead atoms. The number of aliphatic hydroxyl groups excluding tert-OH is 2. The van der Waals surface area contributed by atoms with Crippen molar-refractivity contribution in [1.82, 2.24) is 9.96 Å². The number of ether oxygens (including phenoxy) is 1. The van der Waals surface area contributed by atoms with Gasteiger partial charge in [0.25, 0.3) is 5.91 Å². The monoisotopic (exact) mass is 529 g/mol. The number of benzene rings is 1. The smallest absolute Gasteiger partial charge is 0.255 e. The van der Waals surface area contributed by atoms with Crippen molar-refractivity contribution in [1.29, 1.82) is 0 Å². The Morgan fingerprint density at radius 3 is 2.42 bits per heavy atom. The number of methoxy groups -OCH3 is 1. The van der Waals surface area contributed by atoms with Gasteiger partial charge >= 0.3 is 0 Å². The van der Waals surface area contributed by atoms with E-state index < -0.39 is 58.0 Å². The van der Waals surface area contributed by atoms with E-state index in [0.717, 1.165) is 5.56 Å². The minimum Gasteiger partial charge on any atom is -0.508 e. The van der Waals surface area contributed by atoms with Gasteiger partial charge in [0.15, 0.2) is 11.4 Å². The van der Waals surface area contributed by atoms with Gasteiger partial charge < -0.3 is 25.8 Å². The molecule has 0 radical (unpaired) electrons. The van der Waals surface area contributed by atoms with Gasteiger partial charge in [0.2, 0.25) is 5.78 Å². The summed E-state index contributed by atoms with van der Waals surface area (Å²) in [7, 11) is 4.48. The first-order chi connectivity index (χ1) is 18.0. The molecule has 0 aromatic heterocycles. The number of amides is 1. The normalized spacial score (nSPS) is 27.1. The molecule has 1 amide bonds. The maximum absolute atomic E-state index is 14.2. The van der Waals surface area contributed by atoms with Crippen molar-refractivity contribution in [3.05, 3.63) is 45.7 Å². The minimum atomic E-state index is -2.11. The second-order valence-corrected chi connectivity index (χ2v) is 10.1. The largest absolute Gasteiger partial charge is 0.508 e. The summed E-state index contributed by atoms with van der Waals surface area (Å²) in [5.74, 6) is -5.50. The van der Waals surface area contributed by atoms with Crippen LogP contribution in [0.15, 0.2) is 29.0 Å². The Bertz CT molecular complexity index is 1250. The van der Waals surface area contributed by atoms with Crippen LogP contribution >= 0.6 is 0 Å². The Hall–Kier alpha value is -3.25. The quantitative estimate of drug-likeness (QED) is 0.286. The highest BCUT2D eigenvalue weighted by atomic mass is 16.7. The van der Waals surface area contributed by atoms with Gasteiger partial charge in [0.05, 0.1) is 18.2 Å². The SMILES string of the molecule is CCON(CC)Cc1ccc(O)c2c1C[C@H]1C[C@H]3[C@H](N(C)C)C(=O)C(C(N)=O)=C(O)[C@@]3(OC)C(=O)C1=C2O. The van der Waals surface area contributed by atoms with Crippen molar-refractivity contribution < 1.29 is 39.3 Å². The molecule has 0 aliphatic heterocycles. The zero-order valence-corrected chi connectivity index (χ0v) is 22.3. The summed E-state index contributed by atoms with van der Waals surface area (Å²) >= 11 is 0. The fourth-order valence-corrected chi connectivity index (χ4v) is 6.40. The number of phenolic OH excluding ortho intramolecular Hbond substituents is 1. The third-order valence-electron chi connectivity index (χ3n) is 8.00. The number of likely N-dealkylation sites (N-methyl/N-ethyl adjacent to an activating group) is 1. The maximum atomic E-state index is 14.2. The van der Waals surface area contributed by atoms with Crippen LogP contribution < -0.4 is 5.73 Å². The summed E-state index contributed by atoms with van der Waals surface area (Å²) in [5.41, 5.74) is 4.26. The van der Waals surface area contributed by atoms with Gasteiger partial charge in [-0.15, -0.1) is 0 Å². The summed E-state index contributed by atoms with van der Waals surface area (Å²) < 4.78 is 5.67. The van der Waals surface area contributed by atoms with E-state index in [9.17, 15) is 29.7 Å². The van der Waals surface area contributed by atoms with Gasteiger partial charge in [-0.25, -0.2) is 0 Å². The number of rotatable bonds is 8. The zero-order valence-electron chi connectivity index (χ0n) is 22.3. The topological polar surface area (TPSA) is 163 Å². The highest BCUT2D eigenvalue weighted by Gasteiger charge is 2.65. The van der Waals surface area contributed by atoms with Gasteiger partial charge in [-0.2, -0.15) is 5.06 Å². The van der Waals surface area contributed by atoms with Crippen LogP contribution in [0.4, 0.5) is 0 Å². The Morgan fingerprint density at radius 2 is 1.87 bits per heavy atom. The maximum Gasteiger partial charge on any atom is 0.255 e. The van der Waals surface area contributed by atoms with Gasteiger partial charge in [0.1, 0.15) is 22.8 Å². The highest BCUT2D eigenvalue weighted by molar-refractivity contribution is 6.24. The lowest BCUT2D eigenvalue weighted by Gasteiger charge is -2.52. The Morgan fingerprint density at radius 1 is 1.18 bits per heavy atom. The second-order valence-electron chi connectivity index (χ2n) is 10.1. The molecule has 0 heterocycles. The molecule has 0 spiro atoms. The van der Waals surface area contributed by atoms with E-state index >= 15 is 0 Å². The molecule has 206 valence electrons.